The number of ether oxygens (including phenoxy) is 1. The predicted octanol–water partition coefficient (Wildman–Crippen LogP) is 3.24. The number of benzene rings is 1. The molecule has 3 aliphatic heterocycles. The molecule has 4 heteroatoms. The normalized spacial score (nSPS) is 32.1. The molecule has 1 saturated carbocycles. The van der Waals surface area contributed by atoms with Gasteiger partial charge in [0.15, 0.2) is 5.60 Å². The van der Waals surface area contributed by atoms with Crippen molar-refractivity contribution in [3.8, 4) is 0 Å². The molecule has 0 unspecified atom stereocenters. The zero-order valence-corrected chi connectivity index (χ0v) is 15.0. The molecule has 0 spiro atoms. The summed E-state index contributed by atoms with van der Waals surface area (Å²) in [5.41, 5.74) is -1.18. The Bertz CT molecular complexity index is 589. The van der Waals surface area contributed by atoms with Gasteiger partial charge in [-0.3, -0.25) is 0 Å². The third kappa shape index (κ3) is 3.11. The van der Waals surface area contributed by atoms with Gasteiger partial charge in [0.25, 0.3) is 0 Å². The highest BCUT2D eigenvalue weighted by Crippen LogP contribution is 2.43. The lowest BCUT2D eigenvalue weighted by Crippen LogP contribution is -2.57. The Morgan fingerprint density at radius 2 is 1.64 bits per heavy atom. The van der Waals surface area contributed by atoms with Crippen LogP contribution in [0.3, 0.4) is 0 Å². The molecular formula is C21H29NO3. The second-order valence-corrected chi connectivity index (χ2v) is 8.13. The molecule has 1 aliphatic carbocycles. The number of aliphatic hydroxyl groups is 1. The van der Waals surface area contributed by atoms with Crippen LogP contribution in [0.4, 0.5) is 0 Å². The third-order valence-corrected chi connectivity index (χ3v) is 6.68. The van der Waals surface area contributed by atoms with Gasteiger partial charge in [0.05, 0.1) is 0 Å². The summed E-state index contributed by atoms with van der Waals surface area (Å²) in [5.74, 6) is -0.461. The van der Waals surface area contributed by atoms with Gasteiger partial charge in [-0.15, -0.1) is 0 Å². The first-order valence-corrected chi connectivity index (χ1v) is 9.86. The van der Waals surface area contributed by atoms with Crippen LogP contribution in [0, 0.1) is 5.92 Å². The van der Waals surface area contributed by atoms with Gasteiger partial charge in [-0.2, -0.15) is 0 Å². The number of fused-ring (bicyclic) bond motifs is 3. The van der Waals surface area contributed by atoms with Crippen molar-refractivity contribution < 1.29 is 14.6 Å². The quantitative estimate of drug-likeness (QED) is 0.853. The molecule has 1 aromatic rings. The van der Waals surface area contributed by atoms with Gasteiger partial charge in [0.2, 0.25) is 0 Å². The highest BCUT2D eigenvalue weighted by Gasteiger charge is 2.51. The first-order chi connectivity index (χ1) is 12.1. The summed E-state index contributed by atoms with van der Waals surface area (Å²) in [6, 6.07) is 9.46. The average Bonchev–Trinajstić information content (AvgIpc) is 2.69. The Morgan fingerprint density at radius 1 is 1.04 bits per heavy atom. The topological polar surface area (TPSA) is 49.8 Å². The van der Waals surface area contributed by atoms with Crippen LogP contribution >= 0.6 is 0 Å². The SMILES string of the molecule is O=C(OC12CCN(CC1)CC2)[C@](O)(c1ccccc1)C1CCCCC1. The number of carbonyl (C=O) groups is 1. The molecule has 25 heavy (non-hydrogen) atoms. The van der Waals surface area contributed by atoms with Crippen molar-refractivity contribution in [1.82, 2.24) is 4.90 Å². The number of nitrogens with zero attached hydrogens (tertiary/aromatic N) is 1. The third-order valence-electron chi connectivity index (χ3n) is 6.68. The van der Waals surface area contributed by atoms with E-state index in [1.54, 1.807) is 0 Å². The molecule has 136 valence electrons. The van der Waals surface area contributed by atoms with Gasteiger partial charge < -0.3 is 14.7 Å². The van der Waals surface area contributed by atoms with Gasteiger partial charge in [-0.05, 0) is 18.4 Å². The van der Waals surface area contributed by atoms with Crippen LogP contribution in [0.25, 0.3) is 0 Å². The summed E-state index contributed by atoms with van der Waals surface area (Å²) in [6.45, 7) is 3.00. The minimum Gasteiger partial charge on any atom is -0.457 e. The molecule has 1 N–H and O–H groups in total. The van der Waals surface area contributed by atoms with E-state index in [-0.39, 0.29) is 11.5 Å². The molecule has 5 rings (SSSR count). The van der Waals surface area contributed by atoms with Crippen LogP contribution in [0.1, 0.15) is 56.9 Å². The fraction of sp³-hybridized carbons (Fsp3) is 0.667. The standard InChI is InChI=1S/C21H29NO3/c23-19(25-20-11-14-22(15-12-20)16-13-20)21(24,17-7-3-1-4-8-17)18-9-5-2-6-10-18/h1,3-4,7-8,18,24H,2,5-6,9-16H2/t21-/m0/s1. The van der Waals surface area contributed by atoms with Gasteiger partial charge in [0, 0.05) is 44.8 Å². The summed E-state index contributed by atoms with van der Waals surface area (Å²) in [6.07, 6.45) is 7.82. The lowest BCUT2D eigenvalue weighted by molar-refractivity contribution is -0.202. The highest BCUT2D eigenvalue weighted by atomic mass is 16.6. The van der Waals surface area contributed by atoms with Crippen LogP contribution in [-0.2, 0) is 15.1 Å². The smallest absolute Gasteiger partial charge is 0.343 e. The summed E-state index contributed by atoms with van der Waals surface area (Å²) in [4.78, 5) is 15.8. The lowest BCUT2D eigenvalue weighted by atomic mass is 9.73. The zero-order valence-electron chi connectivity index (χ0n) is 15.0. The van der Waals surface area contributed by atoms with E-state index >= 15 is 0 Å². The average molecular weight is 343 g/mol. The number of hydrogen-bond donors (Lipinski definition) is 1. The molecule has 0 aromatic heterocycles. The molecule has 0 radical (unpaired) electrons. The molecule has 2 bridgehead atoms. The van der Waals surface area contributed by atoms with E-state index in [2.05, 4.69) is 4.90 Å². The van der Waals surface area contributed by atoms with E-state index in [9.17, 15) is 9.90 Å². The monoisotopic (exact) mass is 343 g/mol. The Kier molecular flexibility index (Phi) is 4.59. The number of piperidine rings is 3. The zero-order chi connectivity index (χ0) is 17.3. The maximum absolute atomic E-state index is 13.3. The second-order valence-electron chi connectivity index (χ2n) is 8.13. The maximum atomic E-state index is 13.3. The first kappa shape index (κ1) is 17.0. The van der Waals surface area contributed by atoms with E-state index in [0.29, 0.717) is 5.56 Å². The Morgan fingerprint density at radius 3 is 2.24 bits per heavy atom. The minimum absolute atomic E-state index is 0.0452. The van der Waals surface area contributed by atoms with Crippen molar-refractivity contribution >= 4 is 5.97 Å². The molecule has 1 atom stereocenters. The summed E-state index contributed by atoms with van der Waals surface area (Å²) in [7, 11) is 0. The van der Waals surface area contributed by atoms with E-state index in [1.807, 2.05) is 30.3 Å². The van der Waals surface area contributed by atoms with Gasteiger partial charge in [-0.25, -0.2) is 4.79 Å². The minimum atomic E-state index is -1.51. The predicted molar refractivity (Wildman–Crippen MR) is 96.0 cm³/mol. The van der Waals surface area contributed by atoms with Gasteiger partial charge >= 0.3 is 5.97 Å². The number of esters is 1. The Labute approximate surface area is 150 Å². The molecule has 0 amide bonds. The summed E-state index contributed by atoms with van der Waals surface area (Å²) >= 11 is 0. The van der Waals surface area contributed by atoms with Crippen molar-refractivity contribution in [2.75, 3.05) is 19.6 Å². The molecule has 3 saturated heterocycles. The van der Waals surface area contributed by atoms with Gasteiger partial charge in [-0.1, -0.05) is 49.6 Å². The summed E-state index contributed by atoms with van der Waals surface area (Å²) in [5, 5.41) is 11.6. The largest absolute Gasteiger partial charge is 0.457 e. The second kappa shape index (κ2) is 6.73. The van der Waals surface area contributed by atoms with Crippen LogP contribution in [0.2, 0.25) is 0 Å². The fourth-order valence-corrected chi connectivity index (χ4v) is 4.96. The van der Waals surface area contributed by atoms with Crippen molar-refractivity contribution in [3.05, 3.63) is 35.9 Å². The number of hydrogen-bond acceptors (Lipinski definition) is 4. The first-order valence-electron chi connectivity index (χ1n) is 9.86. The number of rotatable bonds is 4. The van der Waals surface area contributed by atoms with E-state index in [0.717, 1.165) is 64.6 Å². The molecule has 3 heterocycles. The molecule has 1 aromatic carbocycles. The van der Waals surface area contributed by atoms with Crippen molar-refractivity contribution in [2.45, 2.75) is 62.6 Å². The van der Waals surface area contributed by atoms with E-state index in [4.69, 9.17) is 4.74 Å². The molecule has 4 nitrogen and oxygen atoms in total. The molecular weight excluding hydrogens is 314 g/mol. The highest BCUT2D eigenvalue weighted by molar-refractivity contribution is 5.82. The van der Waals surface area contributed by atoms with Gasteiger partial charge in [0.1, 0.15) is 5.60 Å². The van der Waals surface area contributed by atoms with Crippen LogP contribution in [-0.4, -0.2) is 41.2 Å². The van der Waals surface area contributed by atoms with Crippen molar-refractivity contribution in [3.63, 3.8) is 0 Å². The lowest BCUT2D eigenvalue weighted by Gasteiger charge is -2.49. The van der Waals surface area contributed by atoms with Crippen molar-refractivity contribution in [1.29, 1.82) is 0 Å². The van der Waals surface area contributed by atoms with Crippen LogP contribution < -0.4 is 0 Å². The summed E-state index contributed by atoms with van der Waals surface area (Å²) < 4.78 is 6.12. The Balaban J connectivity index is 1.62. The fourth-order valence-electron chi connectivity index (χ4n) is 4.96. The van der Waals surface area contributed by atoms with Crippen molar-refractivity contribution in [2.24, 2.45) is 5.92 Å². The van der Waals surface area contributed by atoms with E-state index < -0.39 is 11.6 Å². The van der Waals surface area contributed by atoms with E-state index in [1.165, 1.54) is 6.42 Å². The molecule has 4 aliphatic rings. The molecule has 4 fully saturated rings. The van der Waals surface area contributed by atoms with Crippen LogP contribution in [0.5, 0.6) is 0 Å². The number of carbonyl (C=O) groups excluding carboxylic acids is 1. The van der Waals surface area contributed by atoms with Crippen LogP contribution in [0.15, 0.2) is 30.3 Å². The maximum Gasteiger partial charge on any atom is 0.343 e. The Hall–Kier alpha value is -1.39.